The monoisotopic (exact) mass is 324 g/mol. The van der Waals surface area contributed by atoms with E-state index < -0.39 is 10.0 Å². The Hall–Kier alpha value is -0.330. The fourth-order valence-electron chi connectivity index (χ4n) is 2.15. The SMILES string of the molecule is Cc1c(Cl)cccc1S(=O)(=O)N1CC(C)C(N)C1.Cl. The van der Waals surface area contributed by atoms with Gasteiger partial charge in [-0.3, -0.25) is 0 Å². The Morgan fingerprint density at radius 2 is 2.00 bits per heavy atom. The van der Waals surface area contributed by atoms with Crippen LogP contribution in [0.2, 0.25) is 5.02 Å². The van der Waals surface area contributed by atoms with Gasteiger partial charge in [0.15, 0.2) is 0 Å². The molecule has 1 heterocycles. The molecule has 0 saturated carbocycles. The van der Waals surface area contributed by atoms with E-state index in [0.29, 0.717) is 23.7 Å². The van der Waals surface area contributed by atoms with E-state index in [0.717, 1.165) is 0 Å². The maximum atomic E-state index is 12.5. The summed E-state index contributed by atoms with van der Waals surface area (Å²) in [6.07, 6.45) is 0. The largest absolute Gasteiger partial charge is 0.326 e. The smallest absolute Gasteiger partial charge is 0.243 e. The molecule has 1 fully saturated rings. The molecule has 108 valence electrons. The zero-order chi connectivity index (χ0) is 13.5. The fraction of sp³-hybridized carbons (Fsp3) is 0.500. The maximum absolute atomic E-state index is 12.5. The van der Waals surface area contributed by atoms with Crippen molar-refractivity contribution in [1.29, 1.82) is 0 Å². The van der Waals surface area contributed by atoms with Gasteiger partial charge in [0.05, 0.1) is 4.90 Å². The highest BCUT2D eigenvalue weighted by atomic mass is 35.5. The first-order valence-electron chi connectivity index (χ1n) is 5.85. The zero-order valence-corrected chi connectivity index (χ0v) is 13.2. The van der Waals surface area contributed by atoms with Gasteiger partial charge in [0.1, 0.15) is 0 Å². The Labute approximate surface area is 125 Å². The van der Waals surface area contributed by atoms with Crippen molar-refractivity contribution in [3.8, 4) is 0 Å². The number of hydrogen-bond donors (Lipinski definition) is 1. The van der Waals surface area contributed by atoms with Crippen molar-refractivity contribution in [2.75, 3.05) is 13.1 Å². The molecule has 2 atom stereocenters. The summed E-state index contributed by atoms with van der Waals surface area (Å²) in [6, 6.07) is 4.83. The standard InChI is InChI=1S/C12H17ClN2O2S.ClH/c1-8-6-15(7-11(8)14)18(16,17)12-5-3-4-10(13)9(12)2;/h3-5,8,11H,6-7,14H2,1-2H3;1H. The van der Waals surface area contributed by atoms with Crippen molar-refractivity contribution < 1.29 is 8.42 Å². The van der Waals surface area contributed by atoms with Gasteiger partial charge in [-0.2, -0.15) is 4.31 Å². The van der Waals surface area contributed by atoms with Gasteiger partial charge >= 0.3 is 0 Å². The third-order valence-electron chi connectivity index (χ3n) is 3.47. The average Bonchev–Trinajstić information content (AvgIpc) is 2.63. The molecule has 19 heavy (non-hydrogen) atoms. The predicted molar refractivity (Wildman–Crippen MR) is 79.3 cm³/mol. The molecule has 2 N–H and O–H groups in total. The molecule has 0 spiro atoms. The molecule has 0 bridgehead atoms. The molecule has 1 saturated heterocycles. The summed E-state index contributed by atoms with van der Waals surface area (Å²) in [4.78, 5) is 0.274. The van der Waals surface area contributed by atoms with Gasteiger partial charge < -0.3 is 5.73 Å². The summed E-state index contributed by atoms with van der Waals surface area (Å²) in [6.45, 7) is 4.52. The van der Waals surface area contributed by atoms with Crippen LogP contribution in [0.1, 0.15) is 12.5 Å². The van der Waals surface area contributed by atoms with Crippen LogP contribution in [0.5, 0.6) is 0 Å². The highest BCUT2D eigenvalue weighted by molar-refractivity contribution is 7.89. The summed E-state index contributed by atoms with van der Waals surface area (Å²) in [5, 5.41) is 0.465. The van der Waals surface area contributed by atoms with E-state index in [1.165, 1.54) is 4.31 Å². The molecule has 2 unspecified atom stereocenters. The lowest BCUT2D eigenvalue weighted by Crippen LogP contribution is -2.32. The Morgan fingerprint density at radius 3 is 2.53 bits per heavy atom. The van der Waals surface area contributed by atoms with Crippen molar-refractivity contribution in [1.82, 2.24) is 4.31 Å². The minimum Gasteiger partial charge on any atom is -0.326 e. The first kappa shape index (κ1) is 16.7. The van der Waals surface area contributed by atoms with Crippen LogP contribution in [0.4, 0.5) is 0 Å². The van der Waals surface area contributed by atoms with E-state index in [-0.39, 0.29) is 29.3 Å². The minimum absolute atomic E-state index is 0. The number of rotatable bonds is 2. The van der Waals surface area contributed by atoms with Crippen LogP contribution >= 0.6 is 24.0 Å². The minimum atomic E-state index is -3.49. The molecule has 0 aliphatic carbocycles. The van der Waals surface area contributed by atoms with Crippen molar-refractivity contribution >= 4 is 34.0 Å². The van der Waals surface area contributed by atoms with Gasteiger partial charge in [0.25, 0.3) is 0 Å². The lowest BCUT2D eigenvalue weighted by atomic mass is 10.1. The van der Waals surface area contributed by atoms with Crippen molar-refractivity contribution in [3.05, 3.63) is 28.8 Å². The zero-order valence-electron chi connectivity index (χ0n) is 10.8. The molecule has 7 heteroatoms. The third kappa shape index (κ3) is 3.06. The first-order chi connectivity index (χ1) is 8.34. The number of nitrogens with zero attached hydrogens (tertiary/aromatic N) is 1. The quantitative estimate of drug-likeness (QED) is 0.905. The summed E-state index contributed by atoms with van der Waals surface area (Å²) in [5.41, 5.74) is 6.47. The molecule has 1 aliphatic rings. The van der Waals surface area contributed by atoms with Crippen LogP contribution in [0.25, 0.3) is 0 Å². The molecular formula is C12H18Cl2N2O2S. The second kappa shape index (κ2) is 5.97. The van der Waals surface area contributed by atoms with Crippen LogP contribution in [0.3, 0.4) is 0 Å². The second-order valence-corrected chi connectivity index (χ2v) is 7.14. The van der Waals surface area contributed by atoms with Gasteiger partial charge in [-0.1, -0.05) is 24.6 Å². The molecule has 0 aromatic heterocycles. The van der Waals surface area contributed by atoms with E-state index >= 15 is 0 Å². The topological polar surface area (TPSA) is 63.4 Å². The summed E-state index contributed by atoms with van der Waals surface area (Å²) >= 11 is 5.98. The maximum Gasteiger partial charge on any atom is 0.243 e. The van der Waals surface area contributed by atoms with Crippen LogP contribution < -0.4 is 5.73 Å². The molecule has 1 aliphatic heterocycles. The molecule has 4 nitrogen and oxygen atoms in total. The van der Waals surface area contributed by atoms with Gasteiger partial charge in [-0.05, 0) is 30.5 Å². The van der Waals surface area contributed by atoms with E-state index in [9.17, 15) is 8.42 Å². The lowest BCUT2D eigenvalue weighted by molar-refractivity contribution is 0.464. The molecule has 0 amide bonds. The third-order valence-corrected chi connectivity index (χ3v) is 5.86. The molecule has 2 rings (SSSR count). The second-order valence-electron chi connectivity index (χ2n) is 4.83. The van der Waals surface area contributed by atoms with Gasteiger partial charge in [0, 0.05) is 24.2 Å². The Bertz CT molecular complexity index is 553. The Kier molecular flexibility index (Phi) is 5.26. The van der Waals surface area contributed by atoms with Gasteiger partial charge in [-0.15, -0.1) is 12.4 Å². The van der Waals surface area contributed by atoms with Crippen LogP contribution in [0.15, 0.2) is 23.1 Å². The highest BCUT2D eigenvalue weighted by Crippen LogP contribution is 2.28. The van der Waals surface area contributed by atoms with Crippen LogP contribution in [-0.4, -0.2) is 31.9 Å². The first-order valence-corrected chi connectivity index (χ1v) is 7.66. The predicted octanol–water partition coefficient (Wildman–Crippen LogP) is 2.04. The molecule has 1 aromatic carbocycles. The Morgan fingerprint density at radius 1 is 1.37 bits per heavy atom. The van der Waals surface area contributed by atoms with Crippen LogP contribution in [-0.2, 0) is 10.0 Å². The average molecular weight is 325 g/mol. The number of sulfonamides is 1. The fourth-order valence-corrected chi connectivity index (χ4v) is 4.20. The van der Waals surface area contributed by atoms with Crippen molar-refractivity contribution in [2.45, 2.75) is 24.8 Å². The van der Waals surface area contributed by atoms with Crippen molar-refractivity contribution in [2.24, 2.45) is 11.7 Å². The summed E-state index contributed by atoms with van der Waals surface area (Å²) in [5.74, 6) is 0.180. The molecule has 0 radical (unpaired) electrons. The van der Waals surface area contributed by atoms with Gasteiger partial charge in [-0.25, -0.2) is 8.42 Å². The van der Waals surface area contributed by atoms with Crippen LogP contribution in [0, 0.1) is 12.8 Å². The Balaban J connectivity index is 0.00000180. The number of nitrogens with two attached hydrogens (primary N) is 1. The summed E-state index contributed by atoms with van der Waals surface area (Å²) in [7, 11) is -3.49. The normalized spacial score (nSPS) is 24.2. The van der Waals surface area contributed by atoms with E-state index in [2.05, 4.69) is 0 Å². The summed E-state index contributed by atoms with van der Waals surface area (Å²) < 4.78 is 26.5. The lowest BCUT2D eigenvalue weighted by Gasteiger charge is -2.18. The van der Waals surface area contributed by atoms with E-state index in [1.54, 1.807) is 25.1 Å². The van der Waals surface area contributed by atoms with E-state index in [4.69, 9.17) is 17.3 Å². The number of halogens is 2. The van der Waals surface area contributed by atoms with Gasteiger partial charge in [0.2, 0.25) is 10.0 Å². The number of benzene rings is 1. The van der Waals surface area contributed by atoms with E-state index in [1.807, 2.05) is 6.92 Å². The highest BCUT2D eigenvalue weighted by Gasteiger charge is 2.36. The number of hydrogen-bond acceptors (Lipinski definition) is 3. The molecule has 1 aromatic rings. The molecular weight excluding hydrogens is 307 g/mol. The van der Waals surface area contributed by atoms with Crippen molar-refractivity contribution in [3.63, 3.8) is 0 Å².